The smallest absolute Gasteiger partial charge is 0.359 e. The van der Waals surface area contributed by atoms with Gasteiger partial charge in [0.15, 0.2) is 5.69 Å². The van der Waals surface area contributed by atoms with E-state index in [1.54, 1.807) is 6.07 Å². The highest BCUT2D eigenvalue weighted by Gasteiger charge is 2.22. The number of carbonyl (C=O) groups excluding carboxylic acids is 1. The second kappa shape index (κ2) is 5.70. The summed E-state index contributed by atoms with van der Waals surface area (Å²) in [7, 11) is 0. The number of hydrogen-bond acceptors (Lipinski definition) is 3. The van der Waals surface area contributed by atoms with Crippen LogP contribution >= 0.6 is 11.6 Å². The van der Waals surface area contributed by atoms with Gasteiger partial charge < -0.3 is 4.74 Å². The fourth-order valence-electron chi connectivity index (χ4n) is 1.41. The van der Waals surface area contributed by atoms with Crippen molar-refractivity contribution < 1.29 is 9.53 Å². The molecule has 1 heterocycles. The quantitative estimate of drug-likeness (QED) is 0.772. The number of halogens is 1. The molecule has 0 fully saturated rings. The van der Waals surface area contributed by atoms with Crippen molar-refractivity contribution in [3.63, 3.8) is 0 Å². The zero-order chi connectivity index (χ0) is 13.9. The summed E-state index contributed by atoms with van der Waals surface area (Å²) in [5.41, 5.74) is 0.515. The van der Waals surface area contributed by atoms with Crippen LogP contribution in [0.3, 0.4) is 0 Å². The van der Waals surface area contributed by atoms with Crippen molar-refractivity contribution in [3.8, 4) is 0 Å². The Bertz CT molecular complexity index is 438. The van der Waals surface area contributed by atoms with Crippen molar-refractivity contribution in [2.45, 2.75) is 52.6 Å². The maximum Gasteiger partial charge on any atom is 0.359 e. The molecule has 0 aromatic carbocycles. The van der Waals surface area contributed by atoms with E-state index >= 15 is 0 Å². The third-order valence-corrected chi connectivity index (χ3v) is 2.88. The number of hydrogen-bond donors (Lipinski definition) is 0. The van der Waals surface area contributed by atoms with Crippen LogP contribution in [-0.2, 0) is 4.74 Å². The van der Waals surface area contributed by atoms with E-state index in [0.717, 1.165) is 12.1 Å². The van der Waals surface area contributed by atoms with Crippen molar-refractivity contribution in [1.82, 2.24) is 4.98 Å². The van der Waals surface area contributed by atoms with Gasteiger partial charge in [0.1, 0.15) is 5.60 Å². The standard InChI is InChI=1S/C14H20ClNO2/c1-6-9(2)11-8-7-10(15)12(16-11)13(17)18-14(3,4)5/h7-9H,6H2,1-5H3. The lowest BCUT2D eigenvalue weighted by Gasteiger charge is -2.20. The molecule has 0 saturated carbocycles. The van der Waals surface area contributed by atoms with Gasteiger partial charge in [-0.25, -0.2) is 9.78 Å². The minimum absolute atomic E-state index is 0.199. The monoisotopic (exact) mass is 269 g/mol. The van der Waals surface area contributed by atoms with E-state index < -0.39 is 11.6 Å². The highest BCUT2D eigenvalue weighted by atomic mass is 35.5. The van der Waals surface area contributed by atoms with Crippen molar-refractivity contribution >= 4 is 17.6 Å². The Labute approximate surface area is 114 Å². The molecule has 1 aromatic heterocycles. The summed E-state index contributed by atoms with van der Waals surface area (Å²) in [5.74, 6) is -0.180. The summed E-state index contributed by atoms with van der Waals surface area (Å²) >= 11 is 6.00. The number of esters is 1. The van der Waals surface area contributed by atoms with Gasteiger partial charge in [-0.1, -0.05) is 25.4 Å². The Morgan fingerprint density at radius 2 is 2.06 bits per heavy atom. The van der Waals surface area contributed by atoms with Gasteiger partial charge in [0, 0.05) is 5.69 Å². The Balaban J connectivity index is 3.04. The molecule has 3 nitrogen and oxygen atoms in total. The first kappa shape index (κ1) is 15.0. The molecule has 0 aliphatic heterocycles. The van der Waals surface area contributed by atoms with E-state index in [1.807, 2.05) is 26.8 Å². The maximum atomic E-state index is 12.0. The molecule has 0 aliphatic carbocycles. The second-order valence-corrected chi connectivity index (χ2v) is 5.78. The molecule has 1 atom stereocenters. The topological polar surface area (TPSA) is 39.2 Å². The van der Waals surface area contributed by atoms with Gasteiger partial charge in [0.25, 0.3) is 0 Å². The normalized spacial score (nSPS) is 13.2. The molecule has 100 valence electrons. The first-order valence-corrected chi connectivity index (χ1v) is 6.52. The Kier molecular flexibility index (Phi) is 4.74. The maximum absolute atomic E-state index is 12.0. The molecule has 1 unspecified atom stereocenters. The molecule has 4 heteroatoms. The number of ether oxygens (including phenoxy) is 1. The number of pyridine rings is 1. The Hall–Kier alpha value is -1.09. The van der Waals surface area contributed by atoms with Gasteiger partial charge in [-0.15, -0.1) is 0 Å². The first-order valence-electron chi connectivity index (χ1n) is 6.14. The third-order valence-electron chi connectivity index (χ3n) is 2.58. The summed E-state index contributed by atoms with van der Waals surface area (Å²) in [6, 6.07) is 3.56. The van der Waals surface area contributed by atoms with Gasteiger partial charge in [0.05, 0.1) is 5.02 Å². The van der Waals surface area contributed by atoms with Crippen LogP contribution in [0.4, 0.5) is 0 Å². The van der Waals surface area contributed by atoms with Crippen molar-refractivity contribution in [2.24, 2.45) is 0 Å². The summed E-state index contributed by atoms with van der Waals surface area (Å²) in [5, 5.41) is 0.330. The van der Waals surface area contributed by atoms with Crippen LogP contribution in [-0.4, -0.2) is 16.6 Å². The third kappa shape index (κ3) is 3.98. The summed E-state index contributed by atoms with van der Waals surface area (Å²) in [4.78, 5) is 16.3. The predicted molar refractivity (Wildman–Crippen MR) is 73.1 cm³/mol. The summed E-state index contributed by atoms with van der Waals surface area (Å²) in [6.45, 7) is 9.59. The molecule has 0 radical (unpaired) electrons. The summed E-state index contributed by atoms with van der Waals surface area (Å²) in [6.07, 6.45) is 0.961. The van der Waals surface area contributed by atoms with E-state index in [2.05, 4.69) is 18.8 Å². The minimum Gasteiger partial charge on any atom is -0.455 e. The van der Waals surface area contributed by atoms with E-state index in [-0.39, 0.29) is 5.69 Å². The molecular formula is C14H20ClNO2. The molecule has 0 amide bonds. The largest absolute Gasteiger partial charge is 0.455 e. The predicted octanol–water partition coefficient (Wildman–Crippen LogP) is 4.20. The zero-order valence-electron chi connectivity index (χ0n) is 11.6. The van der Waals surface area contributed by atoms with Crippen LogP contribution in [0.1, 0.15) is 63.1 Å². The fraction of sp³-hybridized carbons (Fsp3) is 0.571. The molecule has 0 bridgehead atoms. The van der Waals surface area contributed by atoms with Gasteiger partial charge in [-0.3, -0.25) is 0 Å². The molecular weight excluding hydrogens is 250 g/mol. The summed E-state index contributed by atoms with van der Waals surface area (Å²) < 4.78 is 5.29. The molecule has 1 aromatic rings. The number of carbonyl (C=O) groups is 1. The van der Waals surface area contributed by atoms with Crippen LogP contribution in [0.15, 0.2) is 12.1 Å². The van der Waals surface area contributed by atoms with Crippen molar-refractivity contribution in [2.75, 3.05) is 0 Å². The molecule has 0 spiro atoms. The lowest BCUT2D eigenvalue weighted by Crippen LogP contribution is -2.25. The van der Waals surface area contributed by atoms with Crippen LogP contribution in [0.25, 0.3) is 0 Å². The zero-order valence-corrected chi connectivity index (χ0v) is 12.3. The van der Waals surface area contributed by atoms with Crippen molar-refractivity contribution in [1.29, 1.82) is 0 Å². The lowest BCUT2D eigenvalue weighted by molar-refractivity contribution is 0.00627. The van der Waals surface area contributed by atoms with E-state index in [1.165, 1.54) is 0 Å². The molecule has 0 aliphatic rings. The van der Waals surface area contributed by atoms with Crippen LogP contribution in [0.5, 0.6) is 0 Å². The highest BCUT2D eigenvalue weighted by molar-refractivity contribution is 6.33. The van der Waals surface area contributed by atoms with E-state index in [9.17, 15) is 4.79 Å². The van der Waals surface area contributed by atoms with E-state index in [4.69, 9.17) is 16.3 Å². The average molecular weight is 270 g/mol. The Morgan fingerprint density at radius 3 is 2.56 bits per heavy atom. The number of nitrogens with zero attached hydrogens (tertiary/aromatic N) is 1. The number of aromatic nitrogens is 1. The Morgan fingerprint density at radius 1 is 1.44 bits per heavy atom. The van der Waals surface area contributed by atoms with E-state index in [0.29, 0.717) is 10.9 Å². The fourth-order valence-corrected chi connectivity index (χ4v) is 1.59. The van der Waals surface area contributed by atoms with Crippen molar-refractivity contribution in [3.05, 3.63) is 28.5 Å². The first-order chi connectivity index (χ1) is 8.24. The lowest BCUT2D eigenvalue weighted by atomic mass is 10.0. The highest BCUT2D eigenvalue weighted by Crippen LogP contribution is 2.23. The van der Waals surface area contributed by atoms with Gasteiger partial charge in [-0.2, -0.15) is 0 Å². The van der Waals surface area contributed by atoms with Gasteiger partial charge in [-0.05, 0) is 45.2 Å². The van der Waals surface area contributed by atoms with Crippen LogP contribution in [0.2, 0.25) is 5.02 Å². The number of rotatable bonds is 3. The molecule has 18 heavy (non-hydrogen) atoms. The second-order valence-electron chi connectivity index (χ2n) is 5.38. The minimum atomic E-state index is -0.547. The van der Waals surface area contributed by atoms with Gasteiger partial charge in [0.2, 0.25) is 0 Å². The van der Waals surface area contributed by atoms with Crippen LogP contribution < -0.4 is 0 Å². The molecule has 1 rings (SSSR count). The molecule has 0 saturated heterocycles. The molecule has 0 N–H and O–H groups in total. The SMILES string of the molecule is CCC(C)c1ccc(Cl)c(C(=O)OC(C)(C)C)n1. The van der Waals surface area contributed by atoms with Gasteiger partial charge >= 0.3 is 5.97 Å². The average Bonchev–Trinajstić information content (AvgIpc) is 2.26. The van der Waals surface area contributed by atoms with Crippen LogP contribution in [0, 0.1) is 0 Å².